The Morgan fingerprint density at radius 2 is 1.89 bits per heavy atom. The summed E-state index contributed by atoms with van der Waals surface area (Å²) in [6.07, 6.45) is 7.98. The number of hydrogen-bond donors (Lipinski definition) is 1. The minimum atomic E-state index is -1.14. The monoisotopic (exact) mass is 512 g/mol. The van der Waals surface area contributed by atoms with E-state index in [-0.39, 0.29) is 24.9 Å². The number of allylic oxidation sites excluding steroid dienone is 3. The fourth-order valence-electron chi connectivity index (χ4n) is 6.48. The van der Waals surface area contributed by atoms with Crippen LogP contribution in [0.2, 0.25) is 0 Å². The SMILES string of the molecule is C=C1[C@H]2C[C@H]3OC(=O)/C=C\C=C\[C@@H]4O[C@@H](O[C@H]4C)[C@H](O)/C(C)=C/C(=O)OC[C@@]4(CCC(C)=C[C@H]4O2)[C@]13C. The molecule has 1 saturated carbocycles. The molecule has 5 aliphatic rings. The van der Waals surface area contributed by atoms with Crippen LogP contribution >= 0.6 is 0 Å². The molecular weight excluding hydrogens is 476 g/mol. The highest BCUT2D eigenvalue weighted by molar-refractivity contribution is 5.83. The molecule has 1 N–H and O–H groups in total. The first kappa shape index (κ1) is 26.1. The number of carbonyl (C=O) groups excluding carboxylic acids is 2. The molecule has 8 heteroatoms. The van der Waals surface area contributed by atoms with Crippen LogP contribution in [-0.2, 0) is 33.3 Å². The molecule has 2 aliphatic carbocycles. The van der Waals surface area contributed by atoms with Crippen LogP contribution in [0.4, 0.5) is 0 Å². The molecule has 3 fully saturated rings. The van der Waals surface area contributed by atoms with Gasteiger partial charge < -0.3 is 28.8 Å². The van der Waals surface area contributed by atoms with Crippen molar-refractivity contribution in [1.29, 1.82) is 0 Å². The van der Waals surface area contributed by atoms with Crippen molar-refractivity contribution in [2.24, 2.45) is 10.8 Å². The third-order valence-corrected chi connectivity index (χ3v) is 8.97. The first-order valence-electron chi connectivity index (χ1n) is 13.0. The second kappa shape index (κ2) is 9.66. The van der Waals surface area contributed by atoms with Gasteiger partial charge in [-0.2, -0.15) is 0 Å². The Morgan fingerprint density at radius 1 is 1.11 bits per heavy atom. The van der Waals surface area contributed by atoms with Crippen LogP contribution in [0.3, 0.4) is 0 Å². The summed E-state index contributed by atoms with van der Waals surface area (Å²) < 4.78 is 30.0. The number of aliphatic hydroxyl groups is 1. The van der Waals surface area contributed by atoms with Crippen molar-refractivity contribution in [3.05, 3.63) is 59.8 Å². The quantitative estimate of drug-likeness (QED) is 0.389. The van der Waals surface area contributed by atoms with Crippen molar-refractivity contribution < 1.29 is 38.4 Å². The molecule has 3 heterocycles. The third-order valence-electron chi connectivity index (χ3n) is 8.97. The number of ether oxygens (including phenoxy) is 5. The van der Waals surface area contributed by atoms with Gasteiger partial charge in [-0.15, -0.1) is 0 Å². The van der Waals surface area contributed by atoms with E-state index in [2.05, 4.69) is 26.5 Å². The van der Waals surface area contributed by atoms with E-state index in [1.165, 1.54) is 17.7 Å². The van der Waals surface area contributed by atoms with E-state index in [0.717, 1.165) is 12.0 Å². The summed E-state index contributed by atoms with van der Waals surface area (Å²) in [4.78, 5) is 25.8. The van der Waals surface area contributed by atoms with Crippen LogP contribution in [0.1, 0.15) is 47.0 Å². The van der Waals surface area contributed by atoms with Gasteiger partial charge in [0.2, 0.25) is 0 Å². The summed E-state index contributed by atoms with van der Waals surface area (Å²) in [6, 6.07) is 0. The number of cyclic esters (lactones) is 1. The predicted octanol–water partition coefficient (Wildman–Crippen LogP) is 3.46. The van der Waals surface area contributed by atoms with E-state index in [1.807, 2.05) is 6.92 Å². The van der Waals surface area contributed by atoms with E-state index < -0.39 is 47.4 Å². The summed E-state index contributed by atoms with van der Waals surface area (Å²) >= 11 is 0. The number of fused-ring (bicyclic) bond motifs is 3. The van der Waals surface area contributed by atoms with Crippen molar-refractivity contribution in [1.82, 2.24) is 0 Å². The maximum absolute atomic E-state index is 13.0. The molecule has 8 nitrogen and oxygen atoms in total. The van der Waals surface area contributed by atoms with Crippen LogP contribution < -0.4 is 0 Å². The first-order chi connectivity index (χ1) is 17.5. The zero-order valence-electron chi connectivity index (χ0n) is 21.8. The average Bonchev–Trinajstić information content (AvgIpc) is 3.29. The van der Waals surface area contributed by atoms with Gasteiger partial charge in [0, 0.05) is 29.4 Å². The zero-order valence-corrected chi connectivity index (χ0v) is 21.8. The Hall–Kier alpha value is -2.52. The largest absolute Gasteiger partial charge is 0.462 e. The lowest BCUT2D eigenvalue weighted by atomic mass is 9.53. The van der Waals surface area contributed by atoms with Crippen LogP contribution in [0.15, 0.2) is 59.8 Å². The standard InChI is InChI=1S/C29H36O8/c1-16-10-11-29-15-33-25(31)13-17(2)26(32)27-34-19(4)20(36-27)8-6-7-9-24(30)37-22-14-21(35-23(29)12-16)18(3)28(22,29)5/h6-9,12-13,19-23,26-27,32H,3,10-11,14-15H2,1-2,4-5H3/b8-6+,9-7-,17-13+/t19-,20-,21+,22+,23+,26+,27+,28+,29+/m0/s1. The van der Waals surface area contributed by atoms with Gasteiger partial charge in [-0.1, -0.05) is 43.4 Å². The summed E-state index contributed by atoms with van der Waals surface area (Å²) in [6.45, 7) is 12.0. The van der Waals surface area contributed by atoms with Crippen molar-refractivity contribution in [3.63, 3.8) is 0 Å². The van der Waals surface area contributed by atoms with Gasteiger partial charge in [0.05, 0.1) is 18.3 Å². The van der Waals surface area contributed by atoms with Crippen LogP contribution in [0, 0.1) is 10.8 Å². The Morgan fingerprint density at radius 3 is 2.68 bits per heavy atom. The van der Waals surface area contributed by atoms with Gasteiger partial charge >= 0.3 is 11.9 Å². The number of aliphatic hydroxyl groups excluding tert-OH is 1. The highest BCUT2D eigenvalue weighted by Gasteiger charge is 2.68. The van der Waals surface area contributed by atoms with Gasteiger partial charge in [0.1, 0.15) is 24.9 Å². The summed E-state index contributed by atoms with van der Waals surface area (Å²) in [5.74, 6) is -1.04. The van der Waals surface area contributed by atoms with Crippen molar-refractivity contribution in [3.8, 4) is 0 Å². The highest BCUT2D eigenvalue weighted by atomic mass is 16.7. The molecule has 0 radical (unpaired) electrons. The van der Waals surface area contributed by atoms with E-state index >= 15 is 0 Å². The van der Waals surface area contributed by atoms with Crippen molar-refractivity contribution >= 4 is 11.9 Å². The van der Waals surface area contributed by atoms with Crippen LogP contribution in [0.5, 0.6) is 0 Å². The number of carbonyl (C=O) groups is 2. The Balaban J connectivity index is 1.52. The van der Waals surface area contributed by atoms with Crippen molar-refractivity contribution in [2.45, 2.75) is 89.9 Å². The van der Waals surface area contributed by atoms with Crippen molar-refractivity contribution in [2.75, 3.05) is 6.61 Å². The fourth-order valence-corrected chi connectivity index (χ4v) is 6.48. The van der Waals surface area contributed by atoms with E-state index in [1.54, 1.807) is 25.2 Å². The maximum Gasteiger partial charge on any atom is 0.331 e. The molecule has 0 amide bonds. The molecule has 0 unspecified atom stereocenters. The van der Waals surface area contributed by atoms with Gasteiger partial charge in [0.15, 0.2) is 6.29 Å². The summed E-state index contributed by atoms with van der Waals surface area (Å²) in [7, 11) is 0. The van der Waals surface area contributed by atoms with Gasteiger partial charge in [-0.25, -0.2) is 9.59 Å². The average molecular weight is 513 g/mol. The third kappa shape index (κ3) is 4.34. The van der Waals surface area contributed by atoms with Gasteiger partial charge in [-0.3, -0.25) is 0 Å². The fraction of sp³-hybridized carbons (Fsp3) is 0.586. The Bertz CT molecular complexity index is 1100. The first-order valence-corrected chi connectivity index (χ1v) is 13.0. The highest BCUT2D eigenvalue weighted by Crippen LogP contribution is 2.65. The summed E-state index contributed by atoms with van der Waals surface area (Å²) in [5.41, 5.74) is 1.14. The second-order valence-corrected chi connectivity index (χ2v) is 11.1. The molecule has 4 bridgehead atoms. The molecule has 5 rings (SSSR count). The van der Waals surface area contributed by atoms with E-state index in [0.29, 0.717) is 18.4 Å². The predicted molar refractivity (Wildman–Crippen MR) is 134 cm³/mol. The second-order valence-electron chi connectivity index (χ2n) is 11.1. The number of rotatable bonds is 0. The molecule has 200 valence electrons. The number of hydrogen-bond acceptors (Lipinski definition) is 8. The topological polar surface area (TPSA) is 101 Å². The van der Waals surface area contributed by atoms with Gasteiger partial charge in [0.25, 0.3) is 0 Å². The zero-order chi connectivity index (χ0) is 26.5. The normalized spacial score (nSPS) is 47.4. The molecule has 1 spiro atoms. The Kier molecular flexibility index (Phi) is 6.81. The Labute approximate surface area is 217 Å². The lowest BCUT2D eigenvalue weighted by molar-refractivity contribution is -0.181. The molecule has 0 aromatic carbocycles. The molecule has 2 saturated heterocycles. The lowest BCUT2D eigenvalue weighted by Gasteiger charge is -2.56. The van der Waals surface area contributed by atoms with Crippen LogP contribution in [0.25, 0.3) is 0 Å². The molecular formula is C29H36O8. The summed E-state index contributed by atoms with van der Waals surface area (Å²) in [5, 5.41) is 10.8. The molecule has 3 aliphatic heterocycles. The smallest absolute Gasteiger partial charge is 0.331 e. The minimum Gasteiger partial charge on any atom is -0.462 e. The van der Waals surface area contributed by atoms with Gasteiger partial charge in [-0.05, 0) is 44.8 Å². The molecule has 37 heavy (non-hydrogen) atoms. The lowest BCUT2D eigenvalue weighted by Crippen LogP contribution is -2.60. The number of esters is 2. The van der Waals surface area contributed by atoms with E-state index in [4.69, 9.17) is 23.7 Å². The van der Waals surface area contributed by atoms with Crippen LogP contribution in [-0.4, -0.2) is 66.6 Å². The molecule has 0 aromatic heterocycles. The molecule has 9 atom stereocenters. The molecule has 0 aromatic rings. The van der Waals surface area contributed by atoms with E-state index in [9.17, 15) is 14.7 Å². The minimum absolute atomic E-state index is 0.0601. The maximum atomic E-state index is 13.0.